The maximum atomic E-state index is 13.3. The SMILES string of the molecule is Cn1c(Cc2ccccc2C(F)(F)F)nc(C(=O)CCc2ccccc2)c(O)c1=O. The van der Waals surface area contributed by atoms with E-state index in [4.69, 9.17) is 0 Å². The van der Waals surface area contributed by atoms with Gasteiger partial charge in [0.15, 0.2) is 11.5 Å². The molecule has 8 heteroatoms. The van der Waals surface area contributed by atoms with Crippen LogP contribution >= 0.6 is 0 Å². The van der Waals surface area contributed by atoms with E-state index in [9.17, 15) is 27.9 Å². The van der Waals surface area contributed by atoms with Gasteiger partial charge in [0.25, 0.3) is 5.56 Å². The second kappa shape index (κ2) is 8.52. The van der Waals surface area contributed by atoms with Crippen molar-refractivity contribution in [1.82, 2.24) is 9.55 Å². The number of benzene rings is 2. The molecule has 5 nitrogen and oxygen atoms in total. The number of aromatic hydroxyl groups is 1. The van der Waals surface area contributed by atoms with Gasteiger partial charge in [-0.15, -0.1) is 0 Å². The molecule has 3 aromatic rings. The lowest BCUT2D eigenvalue weighted by Gasteiger charge is -2.15. The van der Waals surface area contributed by atoms with Crippen molar-refractivity contribution in [2.45, 2.75) is 25.4 Å². The third-order valence-corrected chi connectivity index (χ3v) is 4.78. The Balaban J connectivity index is 1.93. The van der Waals surface area contributed by atoms with Crippen molar-refractivity contribution in [2.24, 2.45) is 7.05 Å². The fourth-order valence-corrected chi connectivity index (χ4v) is 3.13. The van der Waals surface area contributed by atoms with Gasteiger partial charge in [-0.2, -0.15) is 13.2 Å². The molecule has 0 bridgehead atoms. The van der Waals surface area contributed by atoms with Crippen LogP contribution in [0.25, 0.3) is 0 Å². The van der Waals surface area contributed by atoms with Crippen LogP contribution in [0.3, 0.4) is 0 Å². The van der Waals surface area contributed by atoms with E-state index in [-0.39, 0.29) is 24.2 Å². The Bertz CT molecular complexity index is 1120. The third-order valence-electron chi connectivity index (χ3n) is 4.78. The van der Waals surface area contributed by atoms with Crippen LogP contribution in [0.2, 0.25) is 0 Å². The Morgan fingerprint density at radius 3 is 2.37 bits per heavy atom. The number of carbonyl (C=O) groups is 1. The molecule has 0 saturated carbocycles. The molecule has 1 aromatic heterocycles. The maximum absolute atomic E-state index is 13.3. The lowest BCUT2D eigenvalue weighted by Crippen LogP contribution is -2.26. The van der Waals surface area contributed by atoms with Gasteiger partial charge in [-0.05, 0) is 23.6 Å². The molecule has 1 N–H and O–H groups in total. The van der Waals surface area contributed by atoms with Gasteiger partial charge in [-0.25, -0.2) is 4.98 Å². The number of aryl methyl sites for hydroxylation is 1. The molecule has 30 heavy (non-hydrogen) atoms. The van der Waals surface area contributed by atoms with E-state index in [0.717, 1.165) is 16.2 Å². The first-order valence-electron chi connectivity index (χ1n) is 9.19. The van der Waals surface area contributed by atoms with Crippen LogP contribution in [-0.4, -0.2) is 20.4 Å². The predicted molar refractivity (Wildman–Crippen MR) is 104 cm³/mol. The summed E-state index contributed by atoms with van der Waals surface area (Å²) < 4.78 is 40.8. The van der Waals surface area contributed by atoms with Gasteiger partial charge in [0.2, 0.25) is 5.75 Å². The number of Topliss-reactive ketones (excluding diaryl/α,β-unsaturated/α-hetero) is 1. The summed E-state index contributed by atoms with van der Waals surface area (Å²) in [7, 11) is 1.29. The third kappa shape index (κ3) is 4.59. The normalized spacial score (nSPS) is 11.5. The molecule has 0 radical (unpaired) electrons. The van der Waals surface area contributed by atoms with Gasteiger partial charge in [-0.3, -0.25) is 14.2 Å². The minimum absolute atomic E-state index is 0.00365. The molecule has 0 unspecified atom stereocenters. The van der Waals surface area contributed by atoms with Crippen LogP contribution in [0.4, 0.5) is 13.2 Å². The van der Waals surface area contributed by atoms with Crippen molar-refractivity contribution in [2.75, 3.05) is 0 Å². The summed E-state index contributed by atoms with van der Waals surface area (Å²) in [5.74, 6) is -1.40. The minimum Gasteiger partial charge on any atom is -0.501 e. The lowest BCUT2D eigenvalue weighted by molar-refractivity contribution is -0.138. The van der Waals surface area contributed by atoms with E-state index in [1.807, 2.05) is 30.3 Å². The van der Waals surface area contributed by atoms with Crippen molar-refractivity contribution in [3.63, 3.8) is 0 Å². The minimum atomic E-state index is -4.57. The van der Waals surface area contributed by atoms with Gasteiger partial charge < -0.3 is 5.11 Å². The van der Waals surface area contributed by atoms with Crippen molar-refractivity contribution in [3.05, 3.63) is 93.2 Å². The van der Waals surface area contributed by atoms with E-state index >= 15 is 0 Å². The molecule has 3 rings (SSSR count). The number of rotatable bonds is 6. The lowest BCUT2D eigenvalue weighted by atomic mass is 10.0. The standard InChI is InChI=1S/C22H19F3N2O3/c1-27-18(13-15-9-5-6-10-16(15)22(23,24)25)26-19(20(29)21(27)30)17(28)12-11-14-7-3-2-4-8-14/h2-10,29H,11-13H2,1H3. The predicted octanol–water partition coefficient (Wildman–Crippen LogP) is 3.91. The molecule has 0 spiro atoms. The average molecular weight is 416 g/mol. The van der Waals surface area contributed by atoms with Crippen LogP contribution in [0.5, 0.6) is 5.75 Å². The number of hydrogen-bond donors (Lipinski definition) is 1. The molecule has 0 amide bonds. The Hall–Kier alpha value is -3.42. The zero-order valence-corrected chi connectivity index (χ0v) is 16.1. The number of ketones is 1. The first-order chi connectivity index (χ1) is 14.2. The van der Waals surface area contributed by atoms with E-state index in [1.165, 1.54) is 25.2 Å². The molecular formula is C22H19F3N2O3. The number of nitrogens with zero attached hydrogens (tertiary/aromatic N) is 2. The van der Waals surface area contributed by atoms with Crippen molar-refractivity contribution < 1.29 is 23.1 Å². The quantitative estimate of drug-likeness (QED) is 0.619. The molecule has 0 aliphatic carbocycles. The molecule has 2 aromatic carbocycles. The van der Waals surface area contributed by atoms with E-state index in [2.05, 4.69) is 4.98 Å². The summed E-state index contributed by atoms with van der Waals surface area (Å²) in [5, 5.41) is 10.1. The largest absolute Gasteiger partial charge is 0.501 e. The summed E-state index contributed by atoms with van der Waals surface area (Å²) in [6.45, 7) is 0. The second-order valence-corrected chi connectivity index (χ2v) is 6.83. The van der Waals surface area contributed by atoms with Gasteiger partial charge >= 0.3 is 6.18 Å². The number of hydrogen-bond acceptors (Lipinski definition) is 4. The summed E-state index contributed by atoms with van der Waals surface area (Å²) in [6, 6.07) is 14.1. The highest BCUT2D eigenvalue weighted by molar-refractivity contribution is 5.96. The Labute approximate surface area is 170 Å². The number of carbonyl (C=O) groups excluding carboxylic acids is 1. The van der Waals surface area contributed by atoms with Crippen LogP contribution in [0.15, 0.2) is 59.4 Å². The van der Waals surface area contributed by atoms with E-state index in [0.29, 0.717) is 6.42 Å². The summed E-state index contributed by atoms with van der Waals surface area (Å²) in [5.41, 5.74) is -1.33. The summed E-state index contributed by atoms with van der Waals surface area (Å²) in [6.07, 6.45) is -4.51. The molecule has 0 aliphatic rings. The van der Waals surface area contributed by atoms with Crippen LogP contribution < -0.4 is 5.56 Å². The highest BCUT2D eigenvalue weighted by Crippen LogP contribution is 2.32. The zero-order valence-electron chi connectivity index (χ0n) is 16.1. The van der Waals surface area contributed by atoms with Crippen LogP contribution in [0, 0.1) is 0 Å². The molecule has 0 fully saturated rings. The molecule has 0 atom stereocenters. The Morgan fingerprint density at radius 2 is 1.70 bits per heavy atom. The molecule has 0 saturated heterocycles. The Kier molecular flexibility index (Phi) is 6.05. The van der Waals surface area contributed by atoms with E-state index in [1.54, 1.807) is 0 Å². The monoisotopic (exact) mass is 416 g/mol. The average Bonchev–Trinajstić information content (AvgIpc) is 2.72. The highest BCUT2D eigenvalue weighted by atomic mass is 19.4. The van der Waals surface area contributed by atoms with Gasteiger partial charge in [0.05, 0.1) is 5.56 Å². The van der Waals surface area contributed by atoms with Crippen molar-refractivity contribution >= 4 is 5.78 Å². The number of halogens is 3. The van der Waals surface area contributed by atoms with Gasteiger partial charge in [0.1, 0.15) is 5.82 Å². The van der Waals surface area contributed by atoms with Crippen molar-refractivity contribution in [1.29, 1.82) is 0 Å². The zero-order chi connectivity index (χ0) is 21.9. The van der Waals surface area contributed by atoms with Crippen LogP contribution in [-0.2, 0) is 26.1 Å². The fraction of sp³-hybridized carbons (Fsp3) is 0.227. The van der Waals surface area contributed by atoms with Gasteiger partial charge in [-0.1, -0.05) is 48.5 Å². The molecule has 156 valence electrons. The fourth-order valence-electron chi connectivity index (χ4n) is 3.13. The number of aromatic nitrogens is 2. The maximum Gasteiger partial charge on any atom is 0.416 e. The van der Waals surface area contributed by atoms with Crippen molar-refractivity contribution in [3.8, 4) is 5.75 Å². The van der Waals surface area contributed by atoms with E-state index < -0.39 is 34.5 Å². The second-order valence-electron chi connectivity index (χ2n) is 6.83. The summed E-state index contributed by atoms with van der Waals surface area (Å²) >= 11 is 0. The molecule has 0 aliphatic heterocycles. The smallest absolute Gasteiger partial charge is 0.416 e. The highest BCUT2D eigenvalue weighted by Gasteiger charge is 2.33. The summed E-state index contributed by atoms with van der Waals surface area (Å²) in [4.78, 5) is 29.0. The number of alkyl halides is 3. The van der Waals surface area contributed by atoms with Crippen LogP contribution in [0.1, 0.15) is 39.4 Å². The topological polar surface area (TPSA) is 72.2 Å². The Morgan fingerprint density at radius 1 is 1.07 bits per heavy atom. The molecule has 1 heterocycles. The first kappa shape index (κ1) is 21.3. The molecular weight excluding hydrogens is 397 g/mol. The first-order valence-corrected chi connectivity index (χ1v) is 9.19. The van der Waals surface area contributed by atoms with Gasteiger partial charge in [0, 0.05) is 19.9 Å².